The minimum Gasteiger partial charge on any atom is -0.495 e. The fraction of sp³-hybridized carbons (Fsp3) is 0.136. The van der Waals surface area contributed by atoms with Gasteiger partial charge in [-0.1, -0.05) is 29.3 Å². The molecule has 0 fully saturated rings. The van der Waals surface area contributed by atoms with E-state index in [0.29, 0.717) is 11.6 Å². The Morgan fingerprint density at radius 2 is 1.76 bits per heavy atom. The zero-order valence-electron chi connectivity index (χ0n) is 17.4. The molecule has 0 radical (unpaired) electrons. The maximum absolute atomic E-state index is 14.0. The van der Waals surface area contributed by atoms with Crippen LogP contribution in [0.2, 0.25) is 10.0 Å². The molecule has 0 atom stereocenters. The molecule has 3 aromatic rings. The van der Waals surface area contributed by atoms with E-state index >= 15 is 0 Å². The topological polar surface area (TPSA) is 75.7 Å². The second-order valence-electron chi connectivity index (χ2n) is 6.94. The Hall–Kier alpha value is -2.88. The van der Waals surface area contributed by atoms with Gasteiger partial charge in [0, 0.05) is 6.07 Å². The molecule has 0 aliphatic rings. The van der Waals surface area contributed by atoms with Gasteiger partial charge in [0.1, 0.15) is 28.8 Å². The van der Waals surface area contributed by atoms with Gasteiger partial charge in [-0.3, -0.25) is 9.10 Å². The molecule has 1 N–H and O–H groups in total. The second kappa shape index (κ2) is 9.94. The molecule has 0 heterocycles. The summed E-state index contributed by atoms with van der Waals surface area (Å²) in [7, 11) is -3.04. The van der Waals surface area contributed by atoms with E-state index in [-0.39, 0.29) is 32.1 Å². The summed E-state index contributed by atoms with van der Waals surface area (Å²) in [5.41, 5.74) is 0.380. The molecular formula is C22H18Cl2F2N2O4S. The van der Waals surface area contributed by atoms with Crippen molar-refractivity contribution in [2.75, 3.05) is 23.3 Å². The Bertz CT molecular complexity index is 1320. The van der Waals surface area contributed by atoms with Crippen LogP contribution in [-0.4, -0.2) is 28.0 Å². The maximum Gasteiger partial charge on any atom is 0.268 e. The Balaban J connectivity index is 2.05. The number of nitrogens with one attached hydrogen (secondary N) is 1. The van der Waals surface area contributed by atoms with Gasteiger partial charge in [-0.2, -0.15) is 0 Å². The van der Waals surface area contributed by atoms with Gasteiger partial charge in [-0.15, -0.1) is 0 Å². The summed E-state index contributed by atoms with van der Waals surface area (Å²) >= 11 is 12.0. The summed E-state index contributed by atoms with van der Waals surface area (Å²) in [6.07, 6.45) is 0. The molecule has 6 nitrogen and oxygen atoms in total. The predicted octanol–water partition coefficient (Wildman–Crippen LogP) is 5.42. The second-order valence-corrected chi connectivity index (χ2v) is 9.58. The fourth-order valence-electron chi connectivity index (χ4n) is 2.97. The van der Waals surface area contributed by atoms with E-state index in [1.807, 2.05) is 0 Å². The first-order valence-corrected chi connectivity index (χ1v) is 11.6. The van der Waals surface area contributed by atoms with Gasteiger partial charge in [-0.25, -0.2) is 17.2 Å². The van der Waals surface area contributed by atoms with Gasteiger partial charge in [0.05, 0.1) is 28.5 Å². The largest absolute Gasteiger partial charge is 0.495 e. The summed E-state index contributed by atoms with van der Waals surface area (Å²) in [6, 6.07) is 11.2. The lowest BCUT2D eigenvalue weighted by Crippen LogP contribution is -2.38. The van der Waals surface area contributed by atoms with Crippen LogP contribution < -0.4 is 14.4 Å². The Kier molecular flexibility index (Phi) is 7.46. The van der Waals surface area contributed by atoms with Crippen molar-refractivity contribution in [3.63, 3.8) is 0 Å². The Labute approximate surface area is 199 Å². The lowest BCUT2D eigenvalue weighted by Gasteiger charge is -2.25. The first-order valence-electron chi connectivity index (χ1n) is 9.40. The van der Waals surface area contributed by atoms with Crippen molar-refractivity contribution in [1.29, 1.82) is 0 Å². The average molecular weight is 515 g/mol. The number of rotatable bonds is 7. The number of nitrogens with zero attached hydrogens (tertiary/aromatic N) is 1. The third kappa shape index (κ3) is 5.55. The van der Waals surface area contributed by atoms with E-state index in [1.54, 1.807) is 13.0 Å². The van der Waals surface area contributed by atoms with E-state index < -0.39 is 34.1 Å². The number of hydrogen-bond acceptors (Lipinski definition) is 4. The molecule has 0 saturated carbocycles. The number of sulfonamides is 1. The Morgan fingerprint density at radius 1 is 1.03 bits per heavy atom. The third-order valence-electron chi connectivity index (χ3n) is 4.57. The van der Waals surface area contributed by atoms with Crippen molar-refractivity contribution in [3.8, 4) is 5.75 Å². The van der Waals surface area contributed by atoms with Crippen LogP contribution in [0.25, 0.3) is 0 Å². The zero-order chi connectivity index (χ0) is 24.3. The lowest BCUT2D eigenvalue weighted by atomic mass is 10.2. The van der Waals surface area contributed by atoms with Gasteiger partial charge >= 0.3 is 0 Å². The van der Waals surface area contributed by atoms with Crippen LogP contribution in [0.5, 0.6) is 5.75 Å². The van der Waals surface area contributed by atoms with Crippen molar-refractivity contribution in [1.82, 2.24) is 0 Å². The first-order chi connectivity index (χ1) is 15.5. The number of benzene rings is 3. The van der Waals surface area contributed by atoms with Crippen LogP contribution in [0.3, 0.4) is 0 Å². The van der Waals surface area contributed by atoms with Crippen molar-refractivity contribution < 1.29 is 26.7 Å². The zero-order valence-corrected chi connectivity index (χ0v) is 19.7. The molecule has 0 aliphatic heterocycles. The number of anilines is 2. The number of ether oxygens (including phenoxy) is 1. The normalized spacial score (nSPS) is 11.2. The molecule has 174 valence electrons. The number of carbonyl (C=O) groups excluding carboxylic acids is 1. The smallest absolute Gasteiger partial charge is 0.268 e. The van der Waals surface area contributed by atoms with Crippen LogP contribution in [0, 0.1) is 18.6 Å². The fourth-order valence-corrected chi connectivity index (χ4v) is 4.92. The summed E-state index contributed by atoms with van der Waals surface area (Å²) in [4.78, 5) is 12.5. The van der Waals surface area contributed by atoms with Crippen molar-refractivity contribution >= 4 is 50.5 Å². The third-order valence-corrected chi connectivity index (χ3v) is 7.10. The van der Waals surface area contributed by atoms with Gasteiger partial charge in [0.15, 0.2) is 0 Å². The summed E-state index contributed by atoms with van der Waals surface area (Å²) in [5, 5.41) is 2.50. The number of hydrogen-bond donors (Lipinski definition) is 1. The SMILES string of the molecule is COc1ccc(C)cc1S(=O)(=O)N(CC(=O)Nc1ccc(F)cc1F)c1ccc(Cl)c(Cl)c1. The van der Waals surface area contributed by atoms with Gasteiger partial charge in [0.2, 0.25) is 5.91 Å². The monoisotopic (exact) mass is 514 g/mol. The van der Waals surface area contributed by atoms with Crippen LogP contribution in [0.15, 0.2) is 59.5 Å². The number of carbonyl (C=O) groups is 1. The van der Waals surface area contributed by atoms with Crippen molar-refractivity contribution in [2.24, 2.45) is 0 Å². The molecule has 0 spiro atoms. The number of methoxy groups -OCH3 is 1. The molecule has 0 saturated heterocycles. The standard InChI is InChI=1S/C22H18Cl2F2N2O4S/c1-13-3-8-20(32-2)21(9-13)33(30,31)28(15-5-6-16(23)17(24)11-15)12-22(29)27-19-7-4-14(25)10-18(19)26/h3-11H,12H2,1-2H3,(H,27,29). The van der Waals surface area contributed by atoms with E-state index in [9.17, 15) is 22.0 Å². The van der Waals surface area contributed by atoms with Crippen LogP contribution in [-0.2, 0) is 14.8 Å². The highest BCUT2D eigenvalue weighted by Gasteiger charge is 2.31. The van der Waals surface area contributed by atoms with Gasteiger partial charge in [0.25, 0.3) is 10.0 Å². The van der Waals surface area contributed by atoms with E-state index in [2.05, 4.69) is 5.32 Å². The highest BCUT2D eigenvalue weighted by Crippen LogP contribution is 2.34. The molecule has 0 bridgehead atoms. The summed E-state index contributed by atoms with van der Waals surface area (Å²) in [6.45, 7) is 0.959. The number of amides is 1. The highest BCUT2D eigenvalue weighted by atomic mass is 35.5. The van der Waals surface area contributed by atoms with Crippen LogP contribution >= 0.6 is 23.2 Å². The van der Waals surface area contributed by atoms with Crippen molar-refractivity contribution in [3.05, 3.63) is 81.8 Å². The summed E-state index contributed by atoms with van der Waals surface area (Å²) in [5.74, 6) is -2.64. The van der Waals surface area contributed by atoms with Gasteiger partial charge in [-0.05, 0) is 55.0 Å². The minimum atomic E-state index is -4.36. The lowest BCUT2D eigenvalue weighted by molar-refractivity contribution is -0.114. The van der Waals surface area contributed by atoms with E-state index in [4.69, 9.17) is 27.9 Å². The average Bonchev–Trinajstić information content (AvgIpc) is 2.76. The van der Waals surface area contributed by atoms with Crippen LogP contribution in [0.1, 0.15) is 5.56 Å². The first kappa shape index (κ1) is 24.8. The quantitative estimate of drug-likeness (QED) is 0.456. The molecule has 33 heavy (non-hydrogen) atoms. The molecule has 3 rings (SSSR count). The van der Waals surface area contributed by atoms with E-state index in [1.165, 1.54) is 37.4 Å². The summed E-state index contributed by atoms with van der Waals surface area (Å²) < 4.78 is 60.4. The Morgan fingerprint density at radius 3 is 2.39 bits per heavy atom. The predicted molar refractivity (Wildman–Crippen MR) is 124 cm³/mol. The highest BCUT2D eigenvalue weighted by molar-refractivity contribution is 7.93. The number of halogens is 4. The molecule has 0 aromatic heterocycles. The number of aryl methyl sites for hydroxylation is 1. The minimum absolute atomic E-state index is 0.0442. The van der Waals surface area contributed by atoms with Gasteiger partial charge < -0.3 is 10.1 Å². The molecule has 0 aliphatic carbocycles. The molecular weight excluding hydrogens is 497 g/mol. The van der Waals surface area contributed by atoms with E-state index in [0.717, 1.165) is 16.4 Å². The molecule has 3 aromatic carbocycles. The maximum atomic E-state index is 14.0. The van der Waals surface area contributed by atoms with Crippen molar-refractivity contribution in [2.45, 2.75) is 11.8 Å². The molecule has 11 heteroatoms. The molecule has 1 amide bonds. The van der Waals surface area contributed by atoms with Crippen LogP contribution in [0.4, 0.5) is 20.2 Å². The molecule has 0 unspecified atom stereocenters.